The van der Waals surface area contributed by atoms with Crippen molar-refractivity contribution in [3.8, 4) is 0 Å². The van der Waals surface area contributed by atoms with Crippen molar-refractivity contribution < 1.29 is 9.84 Å². The highest BCUT2D eigenvalue weighted by Crippen LogP contribution is 2.33. The highest BCUT2D eigenvalue weighted by molar-refractivity contribution is 8.00. The molecular formula is C9H11N5O2S. The predicted molar refractivity (Wildman–Crippen MR) is 63.2 cm³/mol. The lowest BCUT2D eigenvalue weighted by Crippen LogP contribution is -2.14. The number of anilines is 1. The molecule has 2 aromatic rings. The number of thioether (sulfide) groups is 1. The zero-order chi connectivity index (χ0) is 11.8. The van der Waals surface area contributed by atoms with Crippen molar-refractivity contribution in [2.45, 2.75) is 11.7 Å². The van der Waals surface area contributed by atoms with Gasteiger partial charge in [0.2, 0.25) is 0 Å². The molecule has 0 bridgehead atoms. The van der Waals surface area contributed by atoms with Crippen LogP contribution in [0.4, 0.5) is 5.82 Å². The Morgan fingerprint density at radius 1 is 1.53 bits per heavy atom. The van der Waals surface area contributed by atoms with Gasteiger partial charge in [-0.2, -0.15) is 0 Å². The van der Waals surface area contributed by atoms with Gasteiger partial charge < -0.3 is 15.6 Å². The molecule has 17 heavy (non-hydrogen) atoms. The molecule has 1 saturated heterocycles. The van der Waals surface area contributed by atoms with Crippen LogP contribution in [0.2, 0.25) is 0 Å². The smallest absolute Gasteiger partial charge is 0.167 e. The van der Waals surface area contributed by atoms with E-state index < -0.39 is 0 Å². The number of hydrogen-bond acceptors (Lipinski definition) is 7. The van der Waals surface area contributed by atoms with Gasteiger partial charge in [0.15, 0.2) is 11.5 Å². The quantitative estimate of drug-likeness (QED) is 0.776. The van der Waals surface area contributed by atoms with E-state index in [1.165, 1.54) is 6.33 Å². The fraction of sp³-hybridized carbons (Fsp3) is 0.444. The van der Waals surface area contributed by atoms with Crippen LogP contribution >= 0.6 is 11.8 Å². The summed E-state index contributed by atoms with van der Waals surface area (Å²) in [6, 6.07) is 0. The fourth-order valence-electron chi connectivity index (χ4n) is 1.77. The second-order valence-corrected chi connectivity index (χ2v) is 4.81. The third-order valence-electron chi connectivity index (χ3n) is 2.58. The van der Waals surface area contributed by atoms with Crippen molar-refractivity contribution in [2.75, 3.05) is 18.1 Å². The molecular weight excluding hydrogens is 242 g/mol. The van der Waals surface area contributed by atoms with E-state index in [9.17, 15) is 0 Å². The average molecular weight is 253 g/mol. The molecule has 1 fully saturated rings. The maximum Gasteiger partial charge on any atom is 0.167 e. The zero-order valence-electron chi connectivity index (χ0n) is 8.85. The lowest BCUT2D eigenvalue weighted by Gasteiger charge is -2.12. The van der Waals surface area contributed by atoms with Crippen LogP contribution in [-0.4, -0.2) is 42.4 Å². The first-order chi connectivity index (χ1) is 8.29. The molecule has 2 aromatic heterocycles. The first-order valence-electron chi connectivity index (χ1n) is 5.10. The maximum absolute atomic E-state index is 9.02. The first kappa shape index (κ1) is 10.8. The molecule has 8 heteroatoms. The monoisotopic (exact) mass is 253 g/mol. The number of ether oxygens (including phenoxy) is 1. The van der Waals surface area contributed by atoms with Crippen molar-refractivity contribution in [2.24, 2.45) is 0 Å². The lowest BCUT2D eigenvalue weighted by atomic mass is 10.5. The van der Waals surface area contributed by atoms with Gasteiger partial charge in [0, 0.05) is 5.75 Å². The zero-order valence-corrected chi connectivity index (χ0v) is 9.67. The Morgan fingerprint density at radius 2 is 2.41 bits per heavy atom. The number of aliphatic hydroxyl groups excluding tert-OH is 1. The van der Waals surface area contributed by atoms with E-state index in [0.29, 0.717) is 17.0 Å². The molecule has 0 aliphatic carbocycles. The molecule has 1 aliphatic rings. The minimum absolute atomic E-state index is 0.00488. The van der Waals surface area contributed by atoms with E-state index in [4.69, 9.17) is 15.6 Å². The standard InChI is InChI=1S/C9H11N5O2S/c10-8-7-9(12-3-11-8)14(4-13-7)5-2-17-6(1-15)16-5/h3-6,15H,1-2H2,(H2,10,11,12)/t5-,6+/m1/s1. The van der Waals surface area contributed by atoms with E-state index in [0.717, 1.165) is 5.75 Å². The Hall–Kier alpha value is -1.38. The molecule has 3 heterocycles. The normalized spacial score (nSPS) is 24.5. The summed E-state index contributed by atoms with van der Waals surface area (Å²) in [5.74, 6) is 1.11. The number of aliphatic hydroxyl groups is 1. The van der Waals surface area contributed by atoms with Crippen molar-refractivity contribution in [3.05, 3.63) is 12.7 Å². The van der Waals surface area contributed by atoms with Crippen LogP contribution in [0.3, 0.4) is 0 Å². The molecule has 0 spiro atoms. The fourth-order valence-corrected chi connectivity index (χ4v) is 2.70. The van der Waals surface area contributed by atoms with Gasteiger partial charge in [0.05, 0.1) is 12.9 Å². The van der Waals surface area contributed by atoms with Crippen molar-refractivity contribution in [1.29, 1.82) is 0 Å². The molecule has 3 rings (SSSR count). The Balaban J connectivity index is 1.99. The minimum atomic E-state index is -0.184. The molecule has 0 amide bonds. The van der Waals surface area contributed by atoms with Gasteiger partial charge in [-0.05, 0) is 0 Å². The number of fused-ring (bicyclic) bond motifs is 1. The second-order valence-electron chi connectivity index (χ2n) is 3.62. The molecule has 0 radical (unpaired) electrons. The Kier molecular flexibility index (Phi) is 2.61. The van der Waals surface area contributed by atoms with E-state index in [1.807, 2.05) is 4.57 Å². The Morgan fingerprint density at radius 3 is 3.18 bits per heavy atom. The topological polar surface area (TPSA) is 99.1 Å². The number of nitrogens with zero attached hydrogens (tertiary/aromatic N) is 4. The molecule has 2 atom stereocenters. The summed E-state index contributed by atoms with van der Waals surface area (Å²) >= 11 is 1.57. The summed E-state index contributed by atoms with van der Waals surface area (Å²) in [5.41, 5.74) is 6.76. The first-order valence-corrected chi connectivity index (χ1v) is 6.15. The number of nitrogens with two attached hydrogens (primary N) is 1. The van der Waals surface area contributed by atoms with Crippen molar-refractivity contribution in [3.63, 3.8) is 0 Å². The number of aromatic nitrogens is 4. The molecule has 7 nitrogen and oxygen atoms in total. The van der Waals surface area contributed by atoms with Crippen LogP contribution < -0.4 is 5.73 Å². The number of hydrogen-bond donors (Lipinski definition) is 2. The third kappa shape index (κ3) is 1.74. The molecule has 0 saturated carbocycles. The molecule has 0 aromatic carbocycles. The molecule has 90 valence electrons. The van der Waals surface area contributed by atoms with Crippen LogP contribution in [0.1, 0.15) is 6.23 Å². The highest BCUT2D eigenvalue weighted by Gasteiger charge is 2.28. The number of rotatable bonds is 2. The number of nitrogen functional groups attached to an aromatic ring is 1. The summed E-state index contributed by atoms with van der Waals surface area (Å²) < 4.78 is 7.45. The van der Waals surface area contributed by atoms with Crippen molar-refractivity contribution >= 4 is 28.7 Å². The highest BCUT2D eigenvalue weighted by atomic mass is 32.2. The third-order valence-corrected chi connectivity index (χ3v) is 3.69. The summed E-state index contributed by atoms with van der Waals surface area (Å²) in [6.07, 6.45) is 2.87. The van der Waals surface area contributed by atoms with Crippen LogP contribution in [0.15, 0.2) is 12.7 Å². The van der Waals surface area contributed by atoms with Crippen LogP contribution in [0, 0.1) is 0 Å². The van der Waals surface area contributed by atoms with E-state index >= 15 is 0 Å². The van der Waals surface area contributed by atoms with Gasteiger partial charge in [0.1, 0.15) is 23.5 Å². The van der Waals surface area contributed by atoms with E-state index in [-0.39, 0.29) is 18.3 Å². The predicted octanol–water partition coefficient (Wildman–Crippen LogP) is -0.0111. The molecule has 1 aliphatic heterocycles. The summed E-state index contributed by atoms with van der Waals surface area (Å²) in [6.45, 7) is 0.00488. The van der Waals surface area contributed by atoms with Crippen LogP contribution in [-0.2, 0) is 4.74 Å². The van der Waals surface area contributed by atoms with Gasteiger partial charge in [-0.3, -0.25) is 4.57 Å². The summed E-state index contributed by atoms with van der Waals surface area (Å²) in [5, 5.41) is 9.02. The van der Waals surface area contributed by atoms with Crippen molar-refractivity contribution in [1.82, 2.24) is 19.5 Å². The number of imidazole rings is 1. The largest absolute Gasteiger partial charge is 0.393 e. The SMILES string of the molecule is Nc1ncnc2c1ncn2[C@H]1CS[C@@H](CO)O1. The lowest BCUT2D eigenvalue weighted by molar-refractivity contribution is -0.00190. The summed E-state index contributed by atoms with van der Waals surface area (Å²) in [7, 11) is 0. The molecule has 3 N–H and O–H groups in total. The second kappa shape index (κ2) is 4.13. The summed E-state index contributed by atoms with van der Waals surface area (Å²) in [4.78, 5) is 12.2. The van der Waals surface area contributed by atoms with Crippen LogP contribution in [0.25, 0.3) is 11.2 Å². The van der Waals surface area contributed by atoms with Gasteiger partial charge in [-0.25, -0.2) is 15.0 Å². The molecule has 0 unspecified atom stereocenters. The average Bonchev–Trinajstić information content (AvgIpc) is 2.94. The van der Waals surface area contributed by atoms with E-state index in [2.05, 4.69) is 15.0 Å². The van der Waals surface area contributed by atoms with Gasteiger partial charge in [0.25, 0.3) is 0 Å². The van der Waals surface area contributed by atoms with Gasteiger partial charge in [-0.1, -0.05) is 0 Å². The van der Waals surface area contributed by atoms with Gasteiger partial charge >= 0.3 is 0 Å². The maximum atomic E-state index is 9.02. The van der Waals surface area contributed by atoms with E-state index in [1.54, 1.807) is 18.1 Å². The minimum Gasteiger partial charge on any atom is -0.393 e. The van der Waals surface area contributed by atoms with Crippen LogP contribution in [0.5, 0.6) is 0 Å². The Labute approximate surface area is 101 Å². The van der Waals surface area contributed by atoms with Gasteiger partial charge in [-0.15, -0.1) is 11.8 Å². The Bertz CT molecular complexity index is 545.